The van der Waals surface area contributed by atoms with Crippen LogP contribution in [-0.4, -0.2) is 17.9 Å². The summed E-state index contributed by atoms with van der Waals surface area (Å²) in [6.07, 6.45) is 4.54. The first-order valence-electron chi connectivity index (χ1n) is 17.3. The summed E-state index contributed by atoms with van der Waals surface area (Å²) in [6, 6.07) is 53.7. The molecule has 0 saturated heterocycles. The molecule has 230 valence electrons. The van der Waals surface area contributed by atoms with Crippen molar-refractivity contribution < 1.29 is 0 Å². The number of fused-ring (bicyclic) bond motifs is 14. The van der Waals surface area contributed by atoms with E-state index >= 15 is 0 Å². The zero-order valence-corrected chi connectivity index (χ0v) is 26.8. The number of aromatic nitrogens is 4. The maximum Gasteiger partial charge on any atom is 0.0641 e. The predicted octanol–water partition coefficient (Wildman–Crippen LogP) is 11.9. The van der Waals surface area contributed by atoms with Crippen molar-refractivity contribution in [2.75, 3.05) is 0 Å². The van der Waals surface area contributed by atoms with Crippen molar-refractivity contribution in [3.8, 4) is 11.4 Å². The van der Waals surface area contributed by atoms with E-state index in [2.05, 4.69) is 176 Å². The molecule has 0 saturated carbocycles. The van der Waals surface area contributed by atoms with Crippen molar-refractivity contribution >= 4 is 98.0 Å². The van der Waals surface area contributed by atoms with Crippen LogP contribution >= 0.6 is 0 Å². The van der Waals surface area contributed by atoms with Gasteiger partial charge in [-0.25, -0.2) is 0 Å². The monoisotopic (exact) mass is 634 g/mol. The van der Waals surface area contributed by atoms with Gasteiger partial charge in [-0.1, -0.05) is 72.8 Å². The first-order valence-corrected chi connectivity index (χ1v) is 17.3. The summed E-state index contributed by atoms with van der Waals surface area (Å²) in [6.45, 7) is 0. The van der Waals surface area contributed by atoms with Crippen LogP contribution in [0.5, 0.6) is 0 Å². The maximum absolute atomic E-state index is 2.48. The van der Waals surface area contributed by atoms with E-state index in [4.69, 9.17) is 0 Å². The van der Waals surface area contributed by atoms with Gasteiger partial charge in [-0.05, 0) is 72.8 Å². The Labute approximate surface area is 284 Å². The lowest BCUT2D eigenvalue weighted by Gasteiger charge is -2.09. The first-order chi connectivity index (χ1) is 24.8. The van der Waals surface area contributed by atoms with Crippen LogP contribution in [-0.2, 0) is 0 Å². The Kier molecular flexibility index (Phi) is 4.36. The average Bonchev–Trinajstić information content (AvgIpc) is 4.01. The molecule has 4 heteroatoms. The van der Waals surface area contributed by atoms with Gasteiger partial charge in [-0.2, -0.15) is 0 Å². The zero-order chi connectivity index (χ0) is 32.2. The molecule has 0 aliphatic carbocycles. The molecule has 0 N–H and O–H groups in total. The molecule has 0 spiro atoms. The molecule has 6 heterocycles. The molecular formula is C46H26N4. The van der Waals surface area contributed by atoms with Crippen LogP contribution in [0.1, 0.15) is 0 Å². The molecule has 0 bridgehead atoms. The summed E-state index contributed by atoms with van der Waals surface area (Å²) in [5.41, 5.74) is 12.4. The lowest BCUT2D eigenvalue weighted by Crippen LogP contribution is -1.93. The molecule has 0 fully saturated rings. The van der Waals surface area contributed by atoms with E-state index in [1.807, 2.05) is 0 Å². The number of hydrogen-bond acceptors (Lipinski definition) is 0. The van der Waals surface area contributed by atoms with Gasteiger partial charge in [0.15, 0.2) is 0 Å². The van der Waals surface area contributed by atoms with E-state index in [9.17, 15) is 0 Å². The molecule has 7 aromatic carbocycles. The van der Waals surface area contributed by atoms with Gasteiger partial charge < -0.3 is 17.9 Å². The minimum atomic E-state index is 1.18. The average molecular weight is 635 g/mol. The lowest BCUT2D eigenvalue weighted by atomic mass is 10.0. The van der Waals surface area contributed by atoms with Crippen LogP contribution in [0.25, 0.3) is 109 Å². The topological polar surface area (TPSA) is 18.7 Å². The first kappa shape index (κ1) is 25.3. The fraction of sp³-hybridized carbons (Fsp3) is 0. The second kappa shape index (κ2) is 8.62. The molecule has 6 aromatic heterocycles. The Morgan fingerprint density at radius 2 is 0.720 bits per heavy atom. The van der Waals surface area contributed by atoms with Gasteiger partial charge in [-0.15, -0.1) is 0 Å². The predicted molar refractivity (Wildman–Crippen MR) is 209 cm³/mol. The standard InChI is InChI=1S/C46H26N4/c1-3-11-29(12-4-1)49-37-17-9-7-15-31(37)33-23-27-19-21-47-39-26-36-40(25-35(39)41(43(27)47)45(33)49)48-22-20-28-24-34-32-16-8-10-18-38(32)50(30-13-5-2-6-14-30)46(34)42(36)44(28)48/h1-26H. The second-order valence-electron chi connectivity index (χ2n) is 13.8. The highest BCUT2D eigenvalue weighted by atomic mass is 15.0. The van der Waals surface area contributed by atoms with Crippen molar-refractivity contribution in [3.05, 3.63) is 158 Å². The molecule has 0 aliphatic heterocycles. The summed E-state index contributed by atoms with van der Waals surface area (Å²) in [5, 5.41) is 12.9. The van der Waals surface area contributed by atoms with Crippen LogP contribution in [0, 0.1) is 0 Å². The van der Waals surface area contributed by atoms with Crippen molar-refractivity contribution in [1.29, 1.82) is 0 Å². The largest absolute Gasteiger partial charge is 0.315 e. The van der Waals surface area contributed by atoms with E-state index in [0.29, 0.717) is 0 Å². The molecule has 0 aliphatic rings. The highest BCUT2D eigenvalue weighted by molar-refractivity contribution is 6.34. The highest BCUT2D eigenvalue weighted by Gasteiger charge is 2.25. The van der Waals surface area contributed by atoms with Crippen LogP contribution in [0.4, 0.5) is 0 Å². The zero-order valence-electron chi connectivity index (χ0n) is 26.8. The fourth-order valence-electron chi connectivity index (χ4n) is 9.49. The Morgan fingerprint density at radius 1 is 0.300 bits per heavy atom. The third kappa shape index (κ3) is 2.84. The number of para-hydroxylation sites is 4. The number of rotatable bonds is 2. The van der Waals surface area contributed by atoms with Gasteiger partial charge in [0.25, 0.3) is 0 Å². The van der Waals surface area contributed by atoms with Gasteiger partial charge in [0.1, 0.15) is 0 Å². The van der Waals surface area contributed by atoms with Crippen molar-refractivity contribution in [3.63, 3.8) is 0 Å². The van der Waals surface area contributed by atoms with Gasteiger partial charge >= 0.3 is 0 Å². The Bertz CT molecular complexity index is 3280. The van der Waals surface area contributed by atoms with Gasteiger partial charge in [-0.3, -0.25) is 0 Å². The van der Waals surface area contributed by atoms with Crippen molar-refractivity contribution in [2.45, 2.75) is 0 Å². The van der Waals surface area contributed by atoms with E-state index in [0.717, 1.165) is 0 Å². The van der Waals surface area contributed by atoms with Crippen LogP contribution in [0.2, 0.25) is 0 Å². The highest BCUT2D eigenvalue weighted by Crippen LogP contribution is 2.48. The van der Waals surface area contributed by atoms with E-state index in [-0.39, 0.29) is 0 Å². The normalized spacial score (nSPS) is 12.8. The van der Waals surface area contributed by atoms with E-state index < -0.39 is 0 Å². The quantitative estimate of drug-likeness (QED) is 0.180. The van der Waals surface area contributed by atoms with Crippen molar-refractivity contribution in [2.24, 2.45) is 0 Å². The van der Waals surface area contributed by atoms with Gasteiger partial charge in [0.2, 0.25) is 0 Å². The Balaban J connectivity index is 1.27. The molecule has 4 nitrogen and oxygen atoms in total. The fourth-order valence-corrected chi connectivity index (χ4v) is 9.49. The molecule has 0 unspecified atom stereocenters. The van der Waals surface area contributed by atoms with Crippen molar-refractivity contribution in [1.82, 2.24) is 17.9 Å². The SMILES string of the molecule is c1ccc(-n2c3ccccc3c3cc4ccn5c6cc7c8c9c(cc%10ccn(c7cc6c(c32)c45)c%108)c2ccccc2n9-c2ccccc2)cc1. The molecular weight excluding hydrogens is 609 g/mol. The van der Waals surface area contributed by atoms with Crippen LogP contribution in [0.3, 0.4) is 0 Å². The molecule has 50 heavy (non-hydrogen) atoms. The molecule has 13 aromatic rings. The van der Waals surface area contributed by atoms with E-state index in [1.54, 1.807) is 0 Å². The van der Waals surface area contributed by atoms with Gasteiger partial charge in [0.05, 0.1) is 44.1 Å². The number of hydrogen-bond donors (Lipinski definition) is 0. The summed E-state index contributed by atoms with van der Waals surface area (Å²) < 4.78 is 9.82. The Hall–Kier alpha value is -6.78. The second-order valence-corrected chi connectivity index (χ2v) is 13.8. The maximum atomic E-state index is 2.48. The minimum absolute atomic E-state index is 1.18. The smallest absolute Gasteiger partial charge is 0.0641 e. The van der Waals surface area contributed by atoms with Gasteiger partial charge in [0, 0.05) is 77.6 Å². The summed E-state index contributed by atoms with van der Waals surface area (Å²) >= 11 is 0. The van der Waals surface area contributed by atoms with E-state index in [1.165, 1.54) is 109 Å². The number of benzene rings is 7. The number of nitrogens with zero attached hydrogens (tertiary/aromatic N) is 4. The molecule has 0 amide bonds. The molecule has 0 atom stereocenters. The molecule has 0 radical (unpaired) electrons. The molecule has 13 rings (SSSR count). The van der Waals surface area contributed by atoms with Crippen LogP contribution in [0.15, 0.2) is 158 Å². The third-order valence-electron chi connectivity index (χ3n) is 11.4. The minimum Gasteiger partial charge on any atom is -0.315 e. The third-order valence-corrected chi connectivity index (χ3v) is 11.4. The Morgan fingerprint density at radius 3 is 1.18 bits per heavy atom. The van der Waals surface area contributed by atoms with Crippen LogP contribution < -0.4 is 0 Å². The lowest BCUT2D eigenvalue weighted by molar-refractivity contribution is 1.19. The summed E-state index contributed by atoms with van der Waals surface area (Å²) in [5.74, 6) is 0. The summed E-state index contributed by atoms with van der Waals surface area (Å²) in [4.78, 5) is 0. The summed E-state index contributed by atoms with van der Waals surface area (Å²) in [7, 11) is 0.